The van der Waals surface area contributed by atoms with E-state index in [0.717, 1.165) is 6.33 Å². The van der Waals surface area contributed by atoms with Crippen LogP contribution in [0.3, 0.4) is 0 Å². The quantitative estimate of drug-likeness (QED) is 0.874. The summed E-state index contributed by atoms with van der Waals surface area (Å²) >= 11 is 5.79. The van der Waals surface area contributed by atoms with Gasteiger partial charge in [0.2, 0.25) is 0 Å². The van der Waals surface area contributed by atoms with E-state index in [1.54, 1.807) is 0 Å². The average Bonchev–Trinajstić information content (AvgIpc) is 2.39. The van der Waals surface area contributed by atoms with E-state index >= 15 is 0 Å². The minimum absolute atomic E-state index is 0.110. The molecule has 0 amide bonds. The molecule has 108 valence electrons. The number of halogens is 3. The van der Waals surface area contributed by atoms with Crippen molar-refractivity contribution in [3.8, 4) is 11.8 Å². The van der Waals surface area contributed by atoms with Crippen molar-refractivity contribution < 1.29 is 13.6 Å². The van der Waals surface area contributed by atoms with Gasteiger partial charge in [-0.1, -0.05) is 11.6 Å². The molecule has 21 heavy (non-hydrogen) atoms. The molecule has 0 aliphatic rings. The molecular formula is C13H8ClF2N3O2. The smallest absolute Gasteiger partial charge is 0.287 e. The molecule has 0 atom stereocenters. The molecule has 0 radical (unpaired) electrons. The molecule has 0 spiro atoms. The Morgan fingerprint density at radius 2 is 2.10 bits per heavy atom. The van der Waals surface area contributed by atoms with Crippen LogP contribution in [0.25, 0.3) is 0 Å². The maximum atomic E-state index is 13.0. The van der Waals surface area contributed by atoms with Crippen molar-refractivity contribution in [1.29, 1.82) is 5.26 Å². The normalized spacial score (nSPS) is 11.0. The molecule has 0 saturated carbocycles. The molecule has 0 fully saturated rings. The Labute approximate surface area is 122 Å². The fourth-order valence-electron chi connectivity index (χ4n) is 1.49. The first-order valence-electron chi connectivity index (χ1n) is 5.65. The van der Waals surface area contributed by atoms with E-state index in [4.69, 9.17) is 21.7 Å². The van der Waals surface area contributed by atoms with Crippen LogP contribution in [0.5, 0.6) is 5.75 Å². The van der Waals surface area contributed by atoms with E-state index in [0.29, 0.717) is 17.7 Å². The number of nitrogens with zero attached hydrogens (tertiary/aromatic N) is 3. The summed E-state index contributed by atoms with van der Waals surface area (Å²) in [6.07, 6.45) is 0.835. The Hall–Kier alpha value is -2.46. The molecule has 0 unspecified atom stereocenters. The minimum Gasteiger partial charge on any atom is -0.371 e. The van der Waals surface area contributed by atoms with Gasteiger partial charge in [0.1, 0.15) is 12.0 Å². The summed E-state index contributed by atoms with van der Waals surface area (Å²) in [6.45, 7) is 0.635. The van der Waals surface area contributed by atoms with Crippen LogP contribution in [-0.2, 0) is 5.92 Å². The standard InChI is InChI=1S/C13H8ClF2N3O2/c1-13(15,16)11-5-12(20)19(7-18-11)21-10-3-8(6-17)2-9(14)4-10/h2-5,7H,1H3. The SMILES string of the molecule is CC(F)(F)c1cc(=O)n(Oc2cc(Cl)cc(C#N)c2)cn1. The van der Waals surface area contributed by atoms with Gasteiger partial charge in [-0.05, 0) is 6.07 Å². The lowest BCUT2D eigenvalue weighted by molar-refractivity contribution is 0.0116. The molecule has 0 aliphatic heterocycles. The van der Waals surface area contributed by atoms with Crippen LogP contribution in [0.2, 0.25) is 5.02 Å². The van der Waals surface area contributed by atoms with Gasteiger partial charge in [-0.3, -0.25) is 4.79 Å². The minimum atomic E-state index is -3.22. The van der Waals surface area contributed by atoms with Crippen molar-refractivity contribution in [3.05, 3.63) is 57.2 Å². The number of hydrogen-bond donors (Lipinski definition) is 0. The van der Waals surface area contributed by atoms with E-state index in [1.807, 2.05) is 6.07 Å². The maximum Gasteiger partial charge on any atom is 0.287 e. The Balaban J connectivity index is 2.35. The second kappa shape index (κ2) is 5.50. The zero-order valence-corrected chi connectivity index (χ0v) is 11.4. The molecular weight excluding hydrogens is 304 g/mol. The van der Waals surface area contributed by atoms with Gasteiger partial charge in [0.25, 0.3) is 11.5 Å². The largest absolute Gasteiger partial charge is 0.371 e. The Morgan fingerprint density at radius 1 is 1.38 bits per heavy atom. The molecule has 0 saturated heterocycles. The Kier molecular flexibility index (Phi) is 3.91. The summed E-state index contributed by atoms with van der Waals surface area (Å²) in [7, 11) is 0. The molecule has 1 aromatic heterocycles. The predicted molar refractivity (Wildman–Crippen MR) is 70.3 cm³/mol. The lowest BCUT2D eigenvalue weighted by Crippen LogP contribution is -2.26. The number of aromatic nitrogens is 2. The lowest BCUT2D eigenvalue weighted by Gasteiger charge is -2.11. The molecule has 1 aromatic carbocycles. The number of rotatable bonds is 3. The zero-order chi connectivity index (χ0) is 15.6. The van der Waals surface area contributed by atoms with E-state index in [-0.39, 0.29) is 16.3 Å². The third-order valence-electron chi connectivity index (χ3n) is 2.43. The van der Waals surface area contributed by atoms with Crippen LogP contribution in [0.4, 0.5) is 8.78 Å². The van der Waals surface area contributed by atoms with Crippen LogP contribution < -0.4 is 10.4 Å². The summed E-state index contributed by atoms with van der Waals surface area (Å²) in [5.74, 6) is -3.11. The van der Waals surface area contributed by atoms with Gasteiger partial charge in [0.05, 0.1) is 11.6 Å². The number of nitriles is 1. The van der Waals surface area contributed by atoms with Gasteiger partial charge in [-0.25, -0.2) is 4.98 Å². The molecule has 0 aliphatic carbocycles. The topological polar surface area (TPSA) is 67.9 Å². The molecule has 1 heterocycles. The van der Waals surface area contributed by atoms with Crippen LogP contribution in [-0.4, -0.2) is 9.71 Å². The molecule has 5 nitrogen and oxygen atoms in total. The third-order valence-corrected chi connectivity index (χ3v) is 2.65. The van der Waals surface area contributed by atoms with Crippen molar-refractivity contribution in [2.24, 2.45) is 0 Å². The summed E-state index contributed by atoms with van der Waals surface area (Å²) in [5, 5.41) is 9.04. The molecule has 2 aromatic rings. The summed E-state index contributed by atoms with van der Waals surface area (Å²) in [4.78, 5) is 20.3. The van der Waals surface area contributed by atoms with Gasteiger partial charge < -0.3 is 4.84 Å². The summed E-state index contributed by atoms with van der Waals surface area (Å²) < 4.78 is 26.7. The highest BCUT2D eigenvalue weighted by Crippen LogP contribution is 2.24. The average molecular weight is 312 g/mol. The van der Waals surface area contributed by atoms with Crippen LogP contribution >= 0.6 is 11.6 Å². The van der Waals surface area contributed by atoms with Crippen molar-refractivity contribution in [3.63, 3.8) is 0 Å². The van der Waals surface area contributed by atoms with E-state index in [2.05, 4.69) is 4.98 Å². The van der Waals surface area contributed by atoms with E-state index in [9.17, 15) is 13.6 Å². The second-order valence-corrected chi connectivity index (χ2v) is 4.64. The first kappa shape index (κ1) is 14.9. The fourth-order valence-corrected chi connectivity index (χ4v) is 1.72. The van der Waals surface area contributed by atoms with Crippen molar-refractivity contribution in [1.82, 2.24) is 9.71 Å². The highest BCUT2D eigenvalue weighted by Gasteiger charge is 2.27. The Morgan fingerprint density at radius 3 is 2.67 bits per heavy atom. The van der Waals surface area contributed by atoms with Gasteiger partial charge >= 0.3 is 0 Å². The maximum absolute atomic E-state index is 13.0. The van der Waals surface area contributed by atoms with Gasteiger partial charge in [-0.15, -0.1) is 4.73 Å². The molecule has 0 N–H and O–H groups in total. The first-order valence-corrected chi connectivity index (χ1v) is 6.03. The van der Waals surface area contributed by atoms with Crippen molar-refractivity contribution in [2.45, 2.75) is 12.8 Å². The first-order chi connectivity index (χ1) is 9.79. The predicted octanol–water partition coefficient (Wildman–Crippen LogP) is 2.72. The fraction of sp³-hybridized carbons (Fsp3) is 0.154. The highest BCUT2D eigenvalue weighted by atomic mass is 35.5. The van der Waals surface area contributed by atoms with Crippen molar-refractivity contribution in [2.75, 3.05) is 0 Å². The van der Waals surface area contributed by atoms with Gasteiger partial charge in [-0.2, -0.15) is 14.0 Å². The molecule has 8 heteroatoms. The van der Waals surface area contributed by atoms with Crippen molar-refractivity contribution >= 4 is 11.6 Å². The Bertz CT molecular complexity index is 778. The second-order valence-electron chi connectivity index (χ2n) is 4.21. The number of hydrogen-bond acceptors (Lipinski definition) is 4. The van der Waals surface area contributed by atoms with Gasteiger partial charge in [0, 0.05) is 30.1 Å². The number of alkyl halides is 2. The lowest BCUT2D eigenvalue weighted by atomic mass is 10.2. The number of benzene rings is 1. The van der Waals surface area contributed by atoms with Crippen LogP contribution in [0.1, 0.15) is 18.2 Å². The van der Waals surface area contributed by atoms with Gasteiger partial charge in [0.15, 0.2) is 5.75 Å². The summed E-state index contributed by atoms with van der Waals surface area (Å²) in [6, 6.07) is 6.68. The van der Waals surface area contributed by atoms with E-state index < -0.39 is 17.2 Å². The van der Waals surface area contributed by atoms with Crippen LogP contribution in [0, 0.1) is 11.3 Å². The highest BCUT2D eigenvalue weighted by molar-refractivity contribution is 6.30. The third kappa shape index (κ3) is 3.55. The molecule has 0 bridgehead atoms. The molecule has 2 rings (SSSR count). The van der Waals surface area contributed by atoms with Crippen LogP contribution in [0.15, 0.2) is 35.4 Å². The zero-order valence-electron chi connectivity index (χ0n) is 10.7. The summed E-state index contributed by atoms with van der Waals surface area (Å²) in [5.41, 5.74) is -1.24. The van der Waals surface area contributed by atoms with E-state index in [1.165, 1.54) is 18.2 Å². The monoisotopic (exact) mass is 311 g/mol.